The average molecular weight is 241 g/mol. The predicted octanol–water partition coefficient (Wildman–Crippen LogP) is 1.65. The number of nitrogens with one attached hydrogen (secondary N) is 1. The molecule has 3 unspecified atom stereocenters. The molecule has 0 aromatic carbocycles. The van der Waals surface area contributed by atoms with Crippen molar-refractivity contribution in [2.45, 2.75) is 45.7 Å². The predicted molar refractivity (Wildman–Crippen MR) is 75.5 cm³/mol. The van der Waals surface area contributed by atoms with Gasteiger partial charge in [-0.05, 0) is 52.9 Å². The van der Waals surface area contributed by atoms with Crippen LogP contribution < -0.4 is 5.32 Å². The summed E-state index contributed by atoms with van der Waals surface area (Å²) in [6.07, 6.45) is 2.68. The van der Waals surface area contributed by atoms with Gasteiger partial charge in [-0.2, -0.15) is 0 Å². The molecule has 17 heavy (non-hydrogen) atoms. The first kappa shape index (κ1) is 14.9. The topological polar surface area (TPSA) is 18.5 Å². The molecular weight excluding hydrogens is 210 g/mol. The van der Waals surface area contributed by atoms with Crippen molar-refractivity contribution >= 4 is 0 Å². The van der Waals surface area contributed by atoms with E-state index >= 15 is 0 Å². The Kier molecular flexibility index (Phi) is 6.45. The minimum Gasteiger partial charge on any atom is -0.313 e. The van der Waals surface area contributed by atoms with Crippen molar-refractivity contribution in [3.63, 3.8) is 0 Å². The first-order valence-electron chi connectivity index (χ1n) is 7.15. The van der Waals surface area contributed by atoms with Crippen molar-refractivity contribution in [3.05, 3.63) is 0 Å². The maximum Gasteiger partial charge on any atom is 0.0197 e. The number of hydrogen-bond donors (Lipinski definition) is 1. The van der Waals surface area contributed by atoms with Gasteiger partial charge in [0.25, 0.3) is 0 Å². The summed E-state index contributed by atoms with van der Waals surface area (Å²) < 4.78 is 0. The van der Waals surface area contributed by atoms with Crippen molar-refractivity contribution in [2.24, 2.45) is 5.92 Å². The largest absolute Gasteiger partial charge is 0.313 e. The van der Waals surface area contributed by atoms with Crippen LogP contribution in [0.5, 0.6) is 0 Å². The zero-order valence-corrected chi connectivity index (χ0v) is 12.4. The van der Waals surface area contributed by atoms with Crippen LogP contribution in [0.2, 0.25) is 0 Å². The molecule has 0 aromatic rings. The highest BCUT2D eigenvalue weighted by atomic mass is 15.2. The second-order valence-electron chi connectivity index (χ2n) is 5.98. The second kappa shape index (κ2) is 7.34. The minimum absolute atomic E-state index is 0.647. The van der Waals surface area contributed by atoms with E-state index in [9.17, 15) is 0 Å². The minimum atomic E-state index is 0.647. The third kappa shape index (κ3) is 5.36. The van der Waals surface area contributed by atoms with Crippen molar-refractivity contribution < 1.29 is 0 Å². The molecule has 1 rings (SSSR count). The van der Waals surface area contributed by atoms with Crippen LogP contribution in [0, 0.1) is 5.92 Å². The standard InChI is InChI=1S/C14H31N3/c1-6-17(13(3)10-16(4)5)11-14-9-12(2)7-8-15-14/h12-15H,6-11H2,1-5H3. The molecule has 0 spiro atoms. The van der Waals surface area contributed by atoms with Crippen LogP contribution in [0.25, 0.3) is 0 Å². The van der Waals surface area contributed by atoms with Crippen molar-refractivity contribution in [2.75, 3.05) is 40.3 Å². The number of rotatable bonds is 6. The van der Waals surface area contributed by atoms with Crippen LogP contribution >= 0.6 is 0 Å². The van der Waals surface area contributed by atoms with Crippen LogP contribution in [-0.2, 0) is 0 Å². The maximum absolute atomic E-state index is 3.67. The molecular formula is C14H31N3. The summed E-state index contributed by atoms with van der Waals surface area (Å²) in [6.45, 7) is 11.7. The number of nitrogens with zero attached hydrogens (tertiary/aromatic N) is 2. The van der Waals surface area contributed by atoms with Gasteiger partial charge in [0, 0.05) is 25.2 Å². The lowest BCUT2D eigenvalue weighted by atomic mass is 9.94. The maximum atomic E-state index is 3.67. The van der Waals surface area contributed by atoms with Gasteiger partial charge >= 0.3 is 0 Å². The third-order valence-corrected chi connectivity index (χ3v) is 3.87. The molecule has 3 heteroatoms. The Labute approximate surface area is 108 Å². The molecule has 1 aliphatic rings. The van der Waals surface area contributed by atoms with Gasteiger partial charge in [0.05, 0.1) is 0 Å². The molecule has 1 fully saturated rings. The van der Waals surface area contributed by atoms with E-state index in [1.807, 2.05) is 0 Å². The molecule has 102 valence electrons. The summed E-state index contributed by atoms with van der Waals surface area (Å²) in [5.41, 5.74) is 0. The Morgan fingerprint density at radius 3 is 2.59 bits per heavy atom. The molecule has 1 heterocycles. The van der Waals surface area contributed by atoms with Gasteiger partial charge in [0.15, 0.2) is 0 Å². The van der Waals surface area contributed by atoms with Gasteiger partial charge in [0.2, 0.25) is 0 Å². The van der Waals surface area contributed by atoms with Crippen LogP contribution in [0.15, 0.2) is 0 Å². The lowest BCUT2D eigenvalue weighted by molar-refractivity contribution is 0.149. The first-order valence-corrected chi connectivity index (χ1v) is 7.15. The highest BCUT2D eigenvalue weighted by molar-refractivity contribution is 4.81. The smallest absolute Gasteiger partial charge is 0.0197 e. The van der Waals surface area contributed by atoms with Crippen LogP contribution in [0.1, 0.15) is 33.6 Å². The average Bonchev–Trinajstić information content (AvgIpc) is 2.24. The molecule has 1 N–H and O–H groups in total. The molecule has 3 atom stereocenters. The molecule has 0 amide bonds. The zero-order valence-electron chi connectivity index (χ0n) is 12.4. The van der Waals surface area contributed by atoms with E-state index in [0.29, 0.717) is 12.1 Å². The SMILES string of the molecule is CCN(CC1CC(C)CCN1)C(C)CN(C)C. The van der Waals surface area contributed by atoms with Crippen molar-refractivity contribution in [3.8, 4) is 0 Å². The summed E-state index contributed by atoms with van der Waals surface area (Å²) in [4.78, 5) is 4.89. The van der Waals surface area contributed by atoms with Crippen LogP contribution in [0.4, 0.5) is 0 Å². The van der Waals surface area contributed by atoms with E-state index in [4.69, 9.17) is 0 Å². The molecule has 0 bridgehead atoms. The Morgan fingerprint density at radius 1 is 1.35 bits per heavy atom. The van der Waals surface area contributed by atoms with Gasteiger partial charge in [-0.1, -0.05) is 13.8 Å². The summed E-state index contributed by atoms with van der Waals surface area (Å²) in [6, 6.07) is 1.34. The Morgan fingerprint density at radius 2 is 2.06 bits per heavy atom. The highest BCUT2D eigenvalue weighted by Crippen LogP contribution is 2.16. The van der Waals surface area contributed by atoms with Gasteiger partial charge in [-0.15, -0.1) is 0 Å². The van der Waals surface area contributed by atoms with Gasteiger partial charge in [-0.25, -0.2) is 0 Å². The Balaban J connectivity index is 2.39. The fourth-order valence-electron chi connectivity index (χ4n) is 2.91. The molecule has 0 aromatic heterocycles. The van der Waals surface area contributed by atoms with Gasteiger partial charge in [0.1, 0.15) is 0 Å². The fraction of sp³-hybridized carbons (Fsp3) is 1.00. The Hall–Kier alpha value is -0.120. The summed E-state index contributed by atoms with van der Waals surface area (Å²) in [5, 5.41) is 3.67. The van der Waals surface area contributed by atoms with E-state index in [1.165, 1.54) is 25.9 Å². The zero-order chi connectivity index (χ0) is 12.8. The van der Waals surface area contributed by atoms with E-state index in [-0.39, 0.29) is 0 Å². The number of piperidine rings is 1. The normalized spacial score (nSPS) is 27.7. The van der Waals surface area contributed by atoms with E-state index in [1.54, 1.807) is 0 Å². The quantitative estimate of drug-likeness (QED) is 0.763. The first-order chi connectivity index (χ1) is 8.02. The van der Waals surface area contributed by atoms with E-state index in [0.717, 1.165) is 19.0 Å². The molecule has 1 aliphatic heterocycles. The van der Waals surface area contributed by atoms with Crippen LogP contribution in [0.3, 0.4) is 0 Å². The van der Waals surface area contributed by atoms with Crippen molar-refractivity contribution in [1.29, 1.82) is 0 Å². The monoisotopic (exact) mass is 241 g/mol. The number of hydrogen-bond acceptors (Lipinski definition) is 3. The fourth-order valence-corrected chi connectivity index (χ4v) is 2.91. The lowest BCUT2D eigenvalue weighted by Crippen LogP contribution is -2.49. The lowest BCUT2D eigenvalue weighted by Gasteiger charge is -2.36. The number of likely N-dealkylation sites (N-methyl/N-ethyl adjacent to an activating group) is 2. The molecule has 1 saturated heterocycles. The molecule has 0 saturated carbocycles. The summed E-state index contributed by atoms with van der Waals surface area (Å²) in [5.74, 6) is 0.893. The summed E-state index contributed by atoms with van der Waals surface area (Å²) >= 11 is 0. The van der Waals surface area contributed by atoms with E-state index < -0.39 is 0 Å². The van der Waals surface area contributed by atoms with Crippen LogP contribution in [-0.4, -0.2) is 62.2 Å². The third-order valence-electron chi connectivity index (χ3n) is 3.87. The van der Waals surface area contributed by atoms with Gasteiger partial charge < -0.3 is 10.2 Å². The van der Waals surface area contributed by atoms with Crippen molar-refractivity contribution in [1.82, 2.24) is 15.1 Å². The second-order valence-corrected chi connectivity index (χ2v) is 5.98. The Bertz CT molecular complexity index is 206. The van der Waals surface area contributed by atoms with Gasteiger partial charge in [-0.3, -0.25) is 4.90 Å². The molecule has 0 radical (unpaired) electrons. The molecule has 0 aliphatic carbocycles. The summed E-state index contributed by atoms with van der Waals surface area (Å²) in [7, 11) is 4.32. The highest BCUT2D eigenvalue weighted by Gasteiger charge is 2.22. The van der Waals surface area contributed by atoms with E-state index in [2.05, 4.69) is 50.0 Å². The molecule has 3 nitrogen and oxygen atoms in total.